The Kier molecular flexibility index (Phi) is 13.4. The molecule has 0 radical (unpaired) electrons. The second-order valence-corrected chi connectivity index (χ2v) is 17.0. The van der Waals surface area contributed by atoms with Crippen molar-refractivity contribution in [3.63, 3.8) is 0 Å². The van der Waals surface area contributed by atoms with E-state index in [1.807, 2.05) is 57.2 Å². The summed E-state index contributed by atoms with van der Waals surface area (Å²) in [5.74, 6) is 0.850. The summed E-state index contributed by atoms with van der Waals surface area (Å²) in [5, 5.41) is 9.60. The number of hydrogen-bond donors (Lipinski definition) is 4. The van der Waals surface area contributed by atoms with Crippen LogP contribution in [-0.2, 0) is 23.8 Å². The second kappa shape index (κ2) is 19.5. The molecule has 2 aromatic heterocycles. The van der Waals surface area contributed by atoms with Gasteiger partial charge in [-0.05, 0) is 97.1 Å². The highest BCUT2D eigenvalue weighted by Crippen LogP contribution is 2.36. The van der Waals surface area contributed by atoms with Gasteiger partial charge < -0.3 is 44.6 Å². The predicted octanol–water partition coefficient (Wildman–Crippen LogP) is 9.13. The van der Waals surface area contributed by atoms with Crippen LogP contribution < -0.4 is 10.6 Å². The molecule has 0 unspecified atom stereocenters. The first kappa shape index (κ1) is 45.3. The Morgan fingerprint density at radius 2 is 1.45 bits per heavy atom. The SMILES string of the molecule is CC[C@@H](c1nc2ccc3cc(-c4ccc5cc(-c6cnc([C@@H]7CCCN7C(=O)[C@@H](NC(=O)OC)[C@@H](C)OC)[nH]6)ccc5c4)ccc3c2[nH]1)N(C(=O)[C@H](NC(=O)OC)c1ccccc1)C(C)C. The van der Waals surface area contributed by atoms with E-state index in [1.165, 1.54) is 21.3 Å². The molecule has 5 aromatic carbocycles. The van der Waals surface area contributed by atoms with Gasteiger partial charge in [-0.2, -0.15) is 0 Å². The molecule has 342 valence electrons. The van der Waals surface area contributed by atoms with Crippen molar-refractivity contribution in [2.24, 2.45) is 0 Å². The number of rotatable bonds is 14. The van der Waals surface area contributed by atoms with Gasteiger partial charge in [0, 0.05) is 30.6 Å². The molecular weight excluding hydrogens is 837 g/mol. The molecule has 1 saturated heterocycles. The van der Waals surface area contributed by atoms with Crippen LogP contribution in [0.25, 0.3) is 55.0 Å². The minimum absolute atomic E-state index is 0.205. The first-order valence-electron chi connectivity index (χ1n) is 22.3. The number of aromatic nitrogens is 4. The first-order valence-corrected chi connectivity index (χ1v) is 22.3. The number of alkyl carbamates (subject to hydrolysis) is 2. The molecule has 5 atom stereocenters. The van der Waals surface area contributed by atoms with E-state index in [4.69, 9.17) is 24.2 Å². The zero-order chi connectivity index (χ0) is 46.6. The van der Waals surface area contributed by atoms with Crippen molar-refractivity contribution < 1.29 is 33.4 Å². The molecule has 0 aliphatic carbocycles. The Hall–Kier alpha value is -7.26. The quantitative estimate of drug-likeness (QED) is 0.0827. The Balaban J connectivity index is 1.02. The van der Waals surface area contributed by atoms with Crippen LogP contribution in [0, 0.1) is 0 Å². The molecule has 66 heavy (non-hydrogen) atoms. The highest BCUT2D eigenvalue weighted by molar-refractivity contribution is 6.06. The van der Waals surface area contributed by atoms with E-state index in [0.717, 1.165) is 67.8 Å². The van der Waals surface area contributed by atoms with Gasteiger partial charge in [0.2, 0.25) is 5.91 Å². The number of methoxy groups -OCH3 is 3. The molecule has 7 aromatic rings. The van der Waals surface area contributed by atoms with Gasteiger partial charge in [-0.15, -0.1) is 0 Å². The van der Waals surface area contributed by atoms with Crippen LogP contribution in [0.15, 0.2) is 103 Å². The van der Waals surface area contributed by atoms with E-state index in [2.05, 4.69) is 81.3 Å². The molecule has 1 fully saturated rings. The normalized spacial score (nSPS) is 15.7. The lowest BCUT2D eigenvalue weighted by atomic mass is 9.97. The minimum Gasteiger partial charge on any atom is -0.453 e. The molecule has 0 spiro atoms. The summed E-state index contributed by atoms with van der Waals surface area (Å²) in [6, 6.07) is 29.7. The molecule has 3 heterocycles. The third-order valence-electron chi connectivity index (χ3n) is 12.7. The average molecular weight is 893 g/mol. The van der Waals surface area contributed by atoms with Crippen molar-refractivity contribution in [3.8, 4) is 22.4 Å². The number of ether oxygens (including phenoxy) is 3. The van der Waals surface area contributed by atoms with Gasteiger partial charge in [0.1, 0.15) is 23.7 Å². The van der Waals surface area contributed by atoms with Gasteiger partial charge in [0.05, 0.1) is 55.3 Å². The lowest BCUT2D eigenvalue weighted by Gasteiger charge is -2.36. The second-order valence-electron chi connectivity index (χ2n) is 17.0. The Morgan fingerprint density at radius 1 is 0.803 bits per heavy atom. The fourth-order valence-electron chi connectivity index (χ4n) is 9.16. The zero-order valence-corrected chi connectivity index (χ0v) is 38.3. The Morgan fingerprint density at radius 3 is 2.14 bits per heavy atom. The van der Waals surface area contributed by atoms with E-state index < -0.39 is 36.4 Å². The number of carbonyl (C=O) groups is 4. The van der Waals surface area contributed by atoms with Crippen LogP contribution in [0.3, 0.4) is 0 Å². The molecule has 15 nitrogen and oxygen atoms in total. The molecule has 0 bridgehead atoms. The van der Waals surface area contributed by atoms with Crippen molar-refractivity contribution in [1.82, 2.24) is 40.4 Å². The number of imidazole rings is 2. The summed E-state index contributed by atoms with van der Waals surface area (Å²) in [7, 11) is 4.05. The monoisotopic (exact) mass is 892 g/mol. The summed E-state index contributed by atoms with van der Waals surface area (Å²) in [5.41, 5.74) is 6.29. The van der Waals surface area contributed by atoms with Gasteiger partial charge in [-0.1, -0.05) is 79.7 Å². The summed E-state index contributed by atoms with van der Waals surface area (Å²) < 4.78 is 15.1. The largest absolute Gasteiger partial charge is 0.453 e. The van der Waals surface area contributed by atoms with Crippen molar-refractivity contribution >= 4 is 56.6 Å². The van der Waals surface area contributed by atoms with Crippen LogP contribution in [0.4, 0.5) is 9.59 Å². The molecule has 0 saturated carbocycles. The number of fused-ring (bicyclic) bond motifs is 4. The number of carbonyl (C=O) groups excluding carboxylic acids is 4. The number of aromatic amines is 2. The predicted molar refractivity (Wildman–Crippen MR) is 253 cm³/mol. The number of amides is 4. The minimum atomic E-state index is -0.946. The molecule has 4 N–H and O–H groups in total. The number of nitrogens with zero attached hydrogens (tertiary/aromatic N) is 4. The lowest BCUT2D eigenvalue weighted by molar-refractivity contribution is -0.139. The molecule has 15 heteroatoms. The molecule has 4 amide bonds. The average Bonchev–Trinajstić information content (AvgIpc) is 4.14. The van der Waals surface area contributed by atoms with Gasteiger partial charge in [-0.3, -0.25) is 9.59 Å². The summed E-state index contributed by atoms with van der Waals surface area (Å²) in [6.45, 7) is 8.23. The molecule has 8 rings (SSSR count). The van der Waals surface area contributed by atoms with Crippen molar-refractivity contribution in [1.29, 1.82) is 0 Å². The van der Waals surface area contributed by atoms with E-state index in [9.17, 15) is 19.2 Å². The van der Waals surface area contributed by atoms with Crippen molar-refractivity contribution in [3.05, 3.63) is 120 Å². The third-order valence-corrected chi connectivity index (χ3v) is 12.7. The van der Waals surface area contributed by atoms with Crippen LogP contribution in [-0.4, -0.2) is 99.8 Å². The van der Waals surface area contributed by atoms with Crippen LogP contribution >= 0.6 is 0 Å². The van der Waals surface area contributed by atoms with Gasteiger partial charge in [0.25, 0.3) is 5.91 Å². The smallest absolute Gasteiger partial charge is 0.407 e. The van der Waals surface area contributed by atoms with Gasteiger partial charge in [0.15, 0.2) is 0 Å². The molecule has 1 aliphatic rings. The first-order chi connectivity index (χ1) is 31.9. The highest BCUT2D eigenvalue weighted by atomic mass is 16.5. The maximum absolute atomic E-state index is 14.4. The van der Waals surface area contributed by atoms with Crippen LogP contribution in [0.2, 0.25) is 0 Å². The molecule has 1 aliphatic heterocycles. The van der Waals surface area contributed by atoms with E-state index >= 15 is 0 Å². The number of likely N-dealkylation sites (tertiary alicyclic amines) is 1. The Bertz CT molecular complexity index is 2890. The maximum Gasteiger partial charge on any atom is 0.407 e. The Labute approximate surface area is 383 Å². The van der Waals surface area contributed by atoms with Crippen LogP contribution in [0.1, 0.15) is 82.3 Å². The third kappa shape index (κ3) is 9.03. The van der Waals surface area contributed by atoms with E-state index in [0.29, 0.717) is 30.2 Å². The van der Waals surface area contributed by atoms with Crippen LogP contribution in [0.5, 0.6) is 0 Å². The number of hydrogen-bond acceptors (Lipinski definition) is 9. The summed E-state index contributed by atoms with van der Waals surface area (Å²) >= 11 is 0. The van der Waals surface area contributed by atoms with Gasteiger partial charge in [-0.25, -0.2) is 19.6 Å². The zero-order valence-electron chi connectivity index (χ0n) is 38.3. The number of H-pyrrole nitrogens is 2. The van der Waals surface area contributed by atoms with Crippen molar-refractivity contribution in [2.45, 2.75) is 83.3 Å². The van der Waals surface area contributed by atoms with Crippen molar-refractivity contribution in [2.75, 3.05) is 27.9 Å². The topological polar surface area (TPSA) is 184 Å². The van der Waals surface area contributed by atoms with E-state index in [-0.39, 0.29) is 23.9 Å². The lowest BCUT2D eigenvalue weighted by Crippen LogP contribution is -2.54. The summed E-state index contributed by atoms with van der Waals surface area (Å²) in [6.07, 6.45) is 1.99. The fraction of sp³-hybridized carbons (Fsp3) is 0.333. The maximum atomic E-state index is 14.4. The number of nitrogens with one attached hydrogen (secondary N) is 4. The molecular formula is C51H56N8O7. The van der Waals surface area contributed by atoms with E-state index in [1.54, 1.807) is 22.9 Å². The summed E-state index contributed by atoms with van der Waals surface area (Å²) in [4.78, 5) is 73.0. The highest BCUT2D eigenvalue weighted by Gasteiger charge is 2.39. The van der Waals surface area contributed by atoms with Gasteiger partial charge >= 0.3 is 12.2 Å². The number of benzene rings is 5. The fourth-order valence-corrected chi connectivity index (χ4v) is 9.16. The standard InChI is InChI=1S/C51H56N8O7/c1-8-41(59(29(2)3)49(61)44(57-51(63)66-7)31-13-10-9-11-14-31)47-53-39-23-21-36-26-35(20-22-38(36)45(39)55-47)32-16-17-34-27-37(19-18-33(34)25-32)40-28-52-46(54-40)42-15-12-24-58(42)48(60)43(30(4)64-5)56-50(62)65-6/h9-11,13-14,16-23,25-30,41-44H,8,12,15,24H2,1-7H3,(H,52,54)(H,53,55)(H,56,62)(H,57,63)/t30-,41+,42+,43+,44-/m1/s1.